The fourth-order valence-electron chi connectivity index (χ4n) is 5.24. The molecule has 0 aliphatic carbocycles. The standard InChI is InChI=1S/C25H23FN6O4/c26-15-11-16-17(13-32(24(16)35)19-4-5-22(33)28-23(19)34)20(12-15)29-7-9-30(10-8-29)25(36)18-14-31-6-2-1-3-21(31)27-18/h1-3,6,11-12,14,19H,4-5,7-10,13H2,(H,28,33,34). The lowest BCUT2D eigenvalue weighted by atomic mass is 10.0. The number of amides is 4. The Balaban J connectivity index is 1.19. The number of halogens is 1. The van der Waals surface area contributed by atoms with Crippen molar-refractivity contribution in [2.75, 3.05) is 31.1 Å². The second-order valence-electron chi connectivity index (χ2n) is 9.22. The van der Waals surface area contributed by atoms with Crippen molar-refractivity contribution in [1.29, 1.82) is 0 Å². The number of benzene rings is 1. The van der Waals surface area contributed by atoms with E-state index in [4.69, 9.17) is 0 Å². The first-order valence-electron chi connectivity index (χ1n) is 11.8. The minimum atomic E-state index is -0.765. The Morgan fingerprint density at radius 2 is 1.89 bits per heavy atom. The zero-order valence-corrected chi connectivity index (χ0v) is 19.3. The van der Waals surface area contributed by atoms with E-state index in [0.717, 1.165) is 0 Å². The lowest BCUT2D eigenvalue weighted by Gasteiger charge is -2.36. The maximum atomic E-state index is 14.6. The normalized spacial score (nSPS) is 20.2. The summed E-state index contributed by atoms with van der Waals surface area (Å²) in [5.41, 5.74) is 2.55. The maximum absolute atomic E-state index is 14.6. The number of aromatic nitrogens is 2. The van der Waals surface area contributed by atoms with Crippen molar-refractivity contribution in [1.82, 2.24) is 24.5 Å². The van der Waals surface area contributed by atoms with Gasteiger partial charge in [-0.25, -0.2) is 9.37 Å². The third-order valence-electron chi connectivity index (χ3n) is 7.09. The molecule has 2 aromatic heterocycles. The minimum Gasteiger partial charge on any atom is -0.368 e. The molecule has 0 radical (unpaired) electrons. The van der Waals surface area contributed by atoms with Gasteiger partial charge in [-0.3, -0.25) is 24.5 Å². The van der Waals surface area contributed by atoms with Crippen LogP contribution in [0.25, 0.3) is 5.65 Å². The van der Waals surface area contributed by atoms with Crippen LogP contribution in [0.4, 0.5) is 10.1 Å². The summed E-state index contributed by atoms with van der Waals surface area (Å²) in [6.07, 6.45) is 3.94. The number of imide groups is 1. The molecular formula is C25H23FN6O4. The molecule has 6 rings (SSSR count). The van der Waals surface area contributed by atoms with Crippen LogP contribution in [-0.2, 0) is 16.1 Å². The van der Waals surface area contributed by atoms with Crippen molar-refractivity contribution >= 4 is 35.0 Å². The largest absolute Gasteiger partial charge is 0.368 e. The van der Waals surface area contributed by atoms with Gasteiger partial charge in [-0.05, 0) is 30.7 Å². The first-order valence-corrected chi connectivity index (χ1v) is 11.8. The Kier molecular flexibility index (Phi) is 5.20. The Morgan fingerprint density at radius 3 is 2.64 bits per heavy atom. The smallest absolute Gasteiger partial charge is 0.274 e. The summed E-state index contributed by atoms with van der Waals surface area (Å²) in [7, 11) is 0. The highest BCUT2D eigenvalue weighted by molar-refractivity contribution is 6.06. The van der Waals surface area contributed by atoms with Crippen LogP contribution >= 0.6 is 0 Å². The molecule has 3 aliphatic rings. The molecule has 3 aliphatic heterocycles. The molecule has 1 unspecified atom stereocenters. The molecule has 5 heterocycles. The van der Waals surface area contributed by atoms with Crippen LogP contribution in [0.1, 0.15) is 39.3 Å². The number of hydrogen-bond donors (Lipinski definition) is 1. The van der Waals surface area contributed by atoms with Gasteiger partial charge in [0.2, 0.25) is 11.8 Å². The number of pyridine rings is 1. The number of carbonyl (C=O) groups is 4. The predicted octanol–water partition coefficient (Wildman–Crippen LogP) is 1.20. The summed E-state index contributed by atoms with van der Waals surface area (Å²) in [6.45, 7) is 1.92. The summed E-state index contributed by atoms with van der Waals surface area (Å²) in [5, 5.41) is 2.28. The number of nitrogens with zero attached hydrogens (tertiary/aromatic N) is 5. The molecule has 10 nitrogen and oxygen atoms in total. The molecule has 3 aromatic rings. The van der Waals surface area contributed by atoms with Gasteiger partial charge >= 0.3 is 0 Å². The number of hydrogen-bond acceptors (Lipinski definition) is 6. The van der Waals surface area contributed by atoms with Crippen molar-refractivity contribution in [2.45, 2.75) is 25.4 Å². The van der Waals surface area contributed by atoms with Crippen LogP contribution in [0.15, 0.2) is 42.7 Å². The van der Waals surface area contributed by atoms with E-state index in [-0.39, 0.29) is 36.8 Å². The zero-order chi connectivity index (χ0) is 25.0. The van der Waals surface area contributed by atoms with Gasteiger partial charge in [0, 0.05) is 68.4 Å². The second-order valence-corrected chi connectivity index (χ2v) is 9.22. The van der Waals surface area contributed by atoms with Gasteiger partial charge in [0.05, 0.1) is 0 Å². The van der Waals surface area contributed by atoms with E-state index >= 15 is 0 Å². The zero-order valence-electron chi connectivity index (χ0n) is 19.3. The third kappa shape index (κ3) is 3.67. The summed E-state index contributed by atoms with van der Waals surface area (Å²) in [5.74, 6) is -1.98. The molecule has 0 saturated carbocycles. The van der Waals surface area contributed by atoms with Crippen molar-refractivity contribution in [3.8, 4) is 0 Å². The SMILES string of the molecule is O=C1CCC(N2Cc3c(cc(F)cc3N3CCN(C(=O)c4cn5ccccc5n4)CC3)C2=O)C(=O)N1. The number of nitrogens with one attached hydrogen (secondary N) is 1. The highest BCUT2D eigenvalue weighted by atomic mass is 19.1. The van der Waals surface area contributed by atoms with Crippen LogP contribution in [0, 0.1) is 5.82 Å². The topological polar surface area (TPSA) is 107 Å². The van der Waals surface area contributed by atoms with Gasteiger partial charge in [-0.1, -0.05) is 6.07 Å². The quantitative estimate of drug-likeness (QED) is 0.553. The number of piperidine rings is 1. The van der Waals surface area contributed by atoms with E-state index in [1.807, 2.05) is 29.3 Å². The number of imidazole rings is 1. The van der Waals surface area contributed by atoms with Crippen molar-refractivity contribution in [3.05, 3.63) is 65.4 Å². The molecule has 36 heavy (non-hydrogen) atoms. The average molecular weight is 490 g/mol. The molecule has 1 N–H and O–H groups in total. The molecule has 1 atom stereocenters. The number of carbonyl (C=O) groups excluding carboxylic acids is 4. The summed E-state index contributed by atoms with van der Waals surface area (Å²) >= 11 is 0. The predicted molar refractivity (Wildman–Crippen MR) is 126 cm³/mol. The highest BCUT2D eigenvalue weighted by Gasteiger charge is 2.41. The average Bonchev–Trinajstić information content (AvgIpc) is 3.45. The molecule has 11 heteroatoms. The van der Waals surface area contributed by atoms with Crippen molar-refractivity contribution in [3.63, 3.8) is 0 Å². The van der Waals surface area contributed by atoms with E-state index in [0.29, 0.717) is 48.8 Å². The van der Waals surface area contributed by atoms with E-state index < -0.39 is 23.7 Å². The molecule has 2 saturated heterocycles. The first kappa shape index (κ1) is 22.2. The Bertz CT molecular complexity index is 1390. The van der Waals surface area contributed by atoms with Gasteiger partial charge < -0.3 is 19.1 Å². The molecule has 1 aromatic carbocycles. The highest BCUT2D eigenvalue weighted by Crippen LogP contribution is 2.35. The van der Waals surface area contributed by atoms with Crippen LogP contribution in [0.2, 0.25) is 0 Å². The summed E-state index contributed by atoms with van der Waals surface area (Å²) < 4.78 is 16.4. The number of anilines is 1. The molecular weight excluding hydrogens is 467 g/mol. The van der Waals surface area contributed by atoms with Crippen LogP contribution in [-0.4, -0.2) is 75.0 Å². The lowest BCUT2D eigenvalue weighted by molar-refractivity contribution is -0.136. The van der Waals surface area contributed by atoms with Crippen molar-refractivity contribution < 1.29 is 23.6 Å². The fourth-order valence-corrected chi connectivity index (χ4v) is 5.24. The molecule has 0 bridgehead atoms. The third-order valence-corrected chi connectivity index (χ3v) is 7.09. The van der Waals surface area contributed by atoms with Gasteiger partial charge in [0.15, 0.2) is 0 Å². The van der Waals surface area contributed by atoms with E-state index in [2.05, 4.69) is 10.3 Å². The Hall–Kier alpha value is -4.28. The van der Waals surface area contributed by atoms with E-state index in [1.165, 1.54) is 17.0 Å². The minimum absolute atomic E-state index is 0.153. The van der Waals surface area contributed by atoms with E-state index in [9.17, 15) is 23.6 Å². The fraction of sp³-hybridized carbons (Fsp3) is 0.320. The van der Waals surface area contributed by atoms with E-state index in [1.54, 1.807) is 15.5 Å². The Morgan fingerprint density at radius 1 is 1.08 bits per heavy atom. The first-order chi connectivity index (χ1) is 17.4. The second kappa shape index (κ2) is 8.43. The summed E-state index contributed by atoms with van der Waals surface area (Å²) in [6, 6.07) is 7.40. The number of rotatable bonds is 3. The maximum Gasteiger partial charge on any atom is 0.274 e. The molecule has 184 valence electrons. The van der Waals surface area contributed by atoms with Gasteiger partial charge in [0.1, 0.15) is 23.2 Å². The van der Waals surface area contributed by atoms with Crippen LogP contribution in [0.5, 0.6) is 0 Å². The van der Waals surface area contributed by atoms with Crippen LogP contribution < -0.4 is 10.2 Å². The molecule has 2 fully saturated rings. The number of piperazine rings is 1. The van der Waals surface area contributed by atoms with Crippen LogP contribution in [0.3, 0.4) is 0 Å². The molecule has 4 amide bonds. The number of fused-ring (bicyclic) bond motifs is 2. The monoisotopic (exact) mass is 490 g/mol. The van der Waals surface area contributed by atoms with Gasteiger partial charge in [-0.15, -0.1) is 0 Å². The Labute approximate surface area is 205 Å². The van der Waals surface area contributed by atoms with Gasteiger partial charge in [0.25, 0.3) is 11.8 Å². The lowest BCUT2D eigenvalue weighted by Crippen LogP contribution is -2.52. The molecule has 0 spiro atoms. The van der Waals surface area contributed by atoms with Crippen molar-refractivity contribution in [2.24, 2.45) is 0 Å². The summed E-state index contributed by atoms with van der Waals surface area (Å²) in [4.78, 5) is 59.5. The van der Waals surface area contributed by atoms with Gasteiger partial charge in [-0.2, -0.15) is 0 Å².